The molecule has 0 aliphatic carbocycles. The summed E-state index contributed by atoms with van der Waals surface area (Å²) >= 11 is 1.94. The molecule has 4 heteroatoms. The molecule has 0 saturated carbocycles. The average Bonchev–Trinajstić information content (AvgIpc) is 1.76. The Bertz CT molecular complexity index is 4800. The Balaban J connectivity index is 1.09. The van der Waals surface area contributed by atoms with Crippen LogP contribution >= 0.6 is 11.8 Å². The van der Waals surface area contributed by atoms with Crippen LogP contribution in [-0.2, 0) is 5.41 Å². The standard InChI is InChI=1S/C78H55BN2S/c1-78(2,3)56-42-40-50(41-43-56)55-44-72-75-73(45-55)82-77-66(53-28-12-6-13-29-53)46-57(80-69-38-22-20-34-60(69)61-35-21-23-39-70(61)80)47-68(77)79(75)67-48-64(51-24-8-4-9-25-51)65(52-26-10-5-11-27-52)49-71(67)81(72)76-63-37-19-17-33-59(63)58-32-16-18-36-62(58)74(76)54-30-14-7-15-31-54/h4-49H,1-3H3. The molecule has 82 heavy (non-hydrogen) atoms. The third-order valence-electron chi connectivity index (χ3n) is 17.4. The topological polar surface area (TPSA) is 8.17 Å². The summed E-state index contributed by atoms with van der Waals surface area (Å²) < 4.78 is 2.51. The summed E-state index contributed by atoms with van der Waals surface area (Å²) in [4.78, 5) is 5.26. The van der Waals surface area contributed by atoms with Gasteiger partial charge < -0.3 is 9.47 Å². The van der Waals surface area contributed by atoms with E-state index in [1.54, 1.807) is 0 Å². The lowest BCUT2D eigenvalue weighted by molar-refractivity contribution is 0.590. The molecule has 2 nitrogen and oxygen atoms in total. The van der Waals surface area contributed by atoms with Crippen molar-refractivity contribution in [3.05, 3.63) is 285 Å². The fourth-order valence-electron chi connectivity index (χ4n) is 13.6. The van der Waals surface area contributed by atoms with Crippen LogP contribution in [0.4, 0.5) is 17.1 Å². The van der Waals surface area contributed by atoms with Gasteiger partial charge in [0, 0.05) is 48.6 Å². The van der Waals surface area contributed by atoms with Crippen molar-refractivity contribution < 1.29 is 0 Å². The summed E-state index contributed by atoms with van der Waals surface area (Å²) in [7, 11) is 0. The molecule has 2 aliphatic heterocycles. The van der Waals surface area contributed by atoms with Crippen molar-refractivity contribution in [2.75, 3.05) is 4.90 Å². The van der Waals surface area contributed by atoms with E-state index in [9.17, 15) is 0 Å². The molecule has 0 radical (unpaired) electrons. The largest absolute Gasteiger partial charge is 0.310 e. The highest BCUT2D eigenvalue weighted by atomic mass is 32.2. The maximum absolute atomic E-state index is 2.70. The Morgan fingerprint density at radius 3 is 1.43 bits per heavy atom. The monoisotopic (exact) mass is 1060 g/mol. The molecule has 0 N–H and O–H groups in total. The number of fused-ring (bicyclic) bond motifs is 10. The van der Waals surface area contributed by atoms with Crippen LogP contribution in [0.15, 0.2) is 289 Å². The lowest BCUT2D eigenvalue weighted by Gasteiger charge is -2.43. The molecule has 386 valence electrons. The first-order valence-corrected chi connectivity index (χ1v) is 29.4. The number of nitrogens with zero attached hydrogens (tertiary/aromatic N) is 2. The molecule has 0 spiro atoms. The number of hydrogen-bond acceptors (Lipinski definition) is 2. The van der Waals surface area contributed by atoms with Gasteiger partial charge in [-0.25, -0.2) is 0 Å². The van der Waals surface area contributed by atoms with Gasteiger partial charge in [0.1, 0.15) is 0 Å². The maximum Gasteiger partial charge on any atom is 0.249 e. The van der Waals surface area contributed by atoms with Gasteiger partial charge >= 0.3 is 0 Å². The molecule has 1 aromatic heterocycles. The van der Waals surface area contributed by atoms with E-state index in [-0.39, 0.29) is 12.1 Å². The molecule has 2 aliphatic rings. The third kappa shape index (κ3) is 7.66. The van der Waals surface area contributed by atoms with E-state index < -0.39 is 0 Å². The van der Waals surface area contributed by atoms with Crippen LogP contribution in [0.2, 0.25) is 0 Å². The van der Waals surface area contributed by atoms with E-state index in [1.165, 1.54) is 148 Å². The van der Waals surface area contributed by atoms with Crippen LogP contribution < -0.4 is 21.3 Å². The van der Waals surface area contributed by atoms with E-state index in [4.69, 9.17) is 0 Å². The van der Waals surface area contributed by atoms with E-state index in [0.717, 1.165) is 5.69 Å². The second kappa shape index (κ2) is 19.0. The van der Waals surface area contributed by atoms with Crippen LogP contribution in [-0.4, -0.2) is 11.3 Å². The summed E-state index contributed by atoms with van der Waals surface area (Å²) in [5.41, 5.74) is 24.3. The Kier molecular flexibility index (Phi) is 11.2. The van der Waals surface area contributed by atoms with Crippen molar-refractivity contribution >= 4 is 95.3 Å². The van der Waals surface area contributed by atoms with E-state index in [2.05, 4.69) is 309 Å². The Labute approximate surface area is 483 Å². The van der Waals surface area contributed by atoms with E-state index in [1.807, 2.05) is 11.8 Å². The van der Waals surface area contributed by atoms with Gasteiger partial charge in [-0.15, -0.1) is 0 Å². The smallest absolute Gasteiger partial charge is 0.249 e. The molecule has 0 bridgehead atoms. The van der Waals surface area contributed by atoms with Crippen LogP contribution in [0.25, 0.3) is 105 Å². The van der Waals surface area contributed by atoms with E-state index >= 15 is 0 Å². The highest BCUT2D eigenvalue weighted by Gasteiger charge is 2.44. The molecule has 0 atom stereocenters. The molecule has 0 amide bonds. The highest BCUT2D eigenvalue weighted by Crippen LogP contribution is 2.54. The summed E-state index contributed by atoms with van der Waals surface area (Å²) in [5, 5.41) is 7.39. The fourth-order valence-corrected chi connectivity index (χ4v) is 14.9. The lowest BCUT2D eigenvalue weighted by Crippen LogP contribution is -2.60. The van der Waals surface area contributed by atoms with Gasteiger partial charge in [-0.3, -0.25) is 0 Å². The minimum Gasteiger partial charge on any atom is -0.310 e. The SMILES string of the molecule is CC(C)(C)c1ccc(-c2cc3c4c(c2)N(c2c(-c5ccccc5)c5ccccc5c5ccccc25)c2cc(-c5ccccc5)c(-c5ccccc5)cc2B4c2cc(-n4c5ccccc5c5ccccc54)cc(-c4ccccc4)c2S3)cc1. The van der Waals surface area contributed by atoms with Gasteiger partial charge in [0.15, 0.2) is 0 Å². The zero-order valence-electron chi connectivity index (χ0n) is 45.9. The molecular formula is C78H55BN2S. The Hall–Kier alpha value is -9.61. The normalized spacial score (nSPS) is 12.7. The molecule has 16 rings (SSSR count). The van der Waals surface area contributed by atoms with Gasteiger partial charge in [-0.1, -0.05) is 275 Å². The van der Waals surface area contributed by atoms with Crippen molar-refractivity contribution in [2.24, 2.45) is 0 Å². The zero-order valence-corrected chi connectivity index (χ0v) is 46.8. The van der Waals surface area contributed by atoms with Crippen molar-refractivity contribution in [3.8, 4) is 61.3 Å². The molecule has 14 aromatic rings. The molecule has 0 saturated heterocycles. The quantitative estimate of drug-likeness (QED) is 0.116. The van der Waals surface area contributed by atoms with Crippen molar-refractivity contribution in [2.45, 2.75) is 36.0 Å². The van der Waals surface area contributed by atoms with E-state index in [0.29, 0.717) is 0 Å². The van der Waals surface area contributed by atoms with Gasteiger partial charge in [0.25, 0.3) is 0 Å². The highest BCUT2D eigenvalue weighted by molar-refractivity contribution is 8.00. The first kappa shape index (κ1) is 48.3. The molecule has 0 fully saturated rings. The van der Waals surface area contributed by atoms with Gasteiger partial charge in [0.05, 0.1) is 16.7 Å². The summed E-state index contributed by atoms with van der Waals surface area (Å²) in [6.07, 6.45) is 0. The Morgan fingerprint density at radius 2 is 0.841 bits per heavy atom. The summed E-state index contributed by atoms with van der Waals surface area (Å²) in [5.74, 6) is 0. The van der Waals surface area contributed by atoms with Gasteiger partial charge in [0.2, 0.25) is 6.71 Å². The number of para-hydroxylation sites is 2. The first-order chi connectivity index (χ1) is 40.3. The fraction of sp³-hybridized carbons (Fsp3) is 0.0513. The zero-order chi connectivity index (χ0) is 54.6. The number of aromatic nitrogens is 1. The number of benzene rings is 13. The summed E-state index contributed by atoms with van der Waals surface area (Å²) in [6, 6.07) is 105. The van der Waals surface area contributed by atoms with Crippen LogP contribution in [0.3, 0.4) is 0 Å². The number of hydrogen-bond donors (Lipinski definition) is 0. The molecule has 13 aromatic carbocycles. The average molecular weight is 1060 g/mol. The molecule has 3 heterocycles. The minimum absolute atomic E-state index is 0.0135. The van der Waals surface area contributed by atoms with Crippen LogP contribution in [0.1, 0.15) is 26.3 Å². The van der Waals surface area contributed by atoms with Gasteiger partial charge in [-0.2, -0.15) is 0 Å². The minimum atomic E-state index is -0.167. The van der Waals surface area contributed by atoms with Crippen molar-refractivity contribution in [1.82, 2.24) is 4.57 Å². The number of rotatable bonds is 7. The number of anilines is 3. The predicted molar refractivity (Wildman–Crippen MR) is 352 cm³/mol. The summed E-state index contributed by atoms with van der Waals surface area (Å²) in [6.45, 7) is 6.74. The maximum atomic E-state index is 2.70. The first-order valence-electron chi connectivity index (χ1n) is 28.6. The lowest BCUT2D eigenvalue weighted by atomic mass is 9.34. The second-order valence-corrected chi connectivity index (χ2v) is 24.2. The molecule has 0 unspecified atom stereocenters. The van der Waals surface area contributed by atoms with Crippen LogP contribution in [0, 0.1) is 0 Å². The molecular weight excluding hydrogens is 1010 g/mol. The third-order valence-corrected chi connectivity index (χ3v) is 18.6. The van der Waals surface area contributed by atoms with Crippen molar-refractivity contribution in [3.63, 3.8) is 0 Å². The van der Waals surface area contributed by atoms with Gasteiger partial charge in [-0.05, 0) is 131 Å². The Morgan fingerprint density at radius 1 is 0.354 bits per heavy atom. The van der Waals surface area contributed by atoms with Crippen molar-refractivity contribution in [1.29, 1.82) is 0 Å². The van der Waals surface area contributed by atoms with Crippen LogP contribution in [0.5, 0.6) is 0 Å². The second-order valence-electron chi connectivity index (χ2n) is 23.1. The predicted octanol–water partition coefficient (Wildman–Crippen LogP) is 19.5.